The molecule has 0 aliphatic carbocycles. The zero-order chi connectivity index (χ0) is 28.6. The second-order valence-electron chi connectivity index (χ2n) is 8.99. The van der Waals surface area contributed by atoms with Crippen molar-refractivity contribution >= 4 is 39.1 Å². The molecule has 39 heavy (non-hydrogen) atoms. The monoisotopic (exact) mass is 571 g/mol. The summed E-state index contributed by atoms with van der Waals surface area (Å²) in [5.41, 5.74) is 1.92. The molecule has 208 valence electrons. The fourth-order valence-electron chi connectivity index (χ4n) is 4.15. The van der Waals surface area contributed by atoms with Crippen molar-refractivity contribution in [1.82, 2.24) is 10.2 Å². The van der Waals surface area contributed by atoms with Crippen LogP contribution in [0.1, 0.15) is 31.4 Å². The Labute approximate surface area is 235 Å². The molecule has 2 amide bonds. The number of sulfonamides is 1. The lowest BCUT2D eigenvalue weighted by Crippen LogP contribution is -2.52. The van der Waals surface area contributed by atoms with Crippen molar-refractivity contribution in [2.24, 2.45) is 0 Å². The molecule has 1 N–H and O–H groups in total. The molecular weight excluding hydrogens is 538 g/mol. The van der Waals surface area contributed by atoms with Crippen LogP contribution in [0.5, 0.6) is 5.75 Å². The quantitative estimate of drug-likeness (QED) is 0.337. The van der Waals surface area contributed by atoms with E-state index in [0.717, 1.165) is 15.4 Å². The fourth-order valence-corrected chi connectivity index (χ4v) is 5.69. The number of halogens is 1. The molecule has 0 radical (unpaired) electrons. The van der Waals surface area contributed by atoms with Gasteiger partial charge in [0.25, 0.3) is 10.0 Å². The normalized spacial score (nSPS) is 11.9. The number of amides is 2. The second-order valence-corrected chi connectivity index (χ2v) is 11.3. The molecule has 0 heterocycles. The molecule has 0 fully saturated rings. The first-order chi connectivity index (χ1) is 18.6. The summed E-state index contributed by atoms with van der Waals surface area (Å²) in [6, 6.07) is 19.0. The third-order valence-corrected chi connectivity index (χ3v) is 8.27. The standard InChI is InChI=1S/C29H34ClN3O5S/c1-5-27(29(35)31-6-2)32(19-22-8-7-9-25(18-22)38-4)28(34)20-33(24-14-12-23(30)13-15-24)39(36,37)26-16-10-21(3)11-17-26/h7-18,27H,5-6,19-20H2,1-4H3,(H,31,35)/t27-/m1/s1. The number of likely N-dealkylation sites (N-methyl/N-ethyl adjacent to an activating group) is 1. The van der Waals surface area contributed by atoms with Crippen molar-refractivity contribution in [3.8, 4) is 5.75 Å². The molecule has 0 aromatic heterocycles. The van der Waals surface area contributed by atoms with E-state index in [2.05, 4.69) is 5.32 Å². The number of methoxy groups -OCH3 is 1. The molecule has 0 aliphatic rings. The van der Waals surface area contributed by atoms with Gasteiger partial charge in [-0.1, -0.05) is 48.4 Å². The fraction of sp³-hybridized carbons (Fsp3) is 0.310. The van der Waals surface area contributed by atoms with Gasteiger partial charge in [-0.2, -0.15) is 0 Å². The van der Waals surface area contributed by atoms with Crippen molar-refractivity contribution < 1.29 is 22.7 Å². The van der Waals surface area contributed by atoms with Crippen LogP contribution in [-0.4, -0.2) is 51.4 Å². The number of nitrogens with one attached hydrogen (secondary N) is 1. The van der Waals surface area contributed by atoms with E-state index in [4.69, 9.17) is 16.3 Å². The molecule has 8 nitrogen and oxygen atoms in total. The van der Waals surface area contributed by atoms with Crippen LogP contribution in [0.3, 0.4) is 0 Å². The van der Waals surface area contributed by atoms with Crippen molar-refractivity contribution in [2.75, 3.05) is 24.5 Å². The SMILES string of the molecule is CCNC(=O)[C@@H](CC)N(Cc1cccc(OC)c1)C(=O)CN(c1ccc(Cl)cc1)S(=O)(=O)c1ccc(C)cc1. The summed E-state index contributed by atoms with van der Waals surface area (Å²) in [6.45, 7) is 5.44. The first-order valence-electron chi connectivity index (χ1n) is 12.7. The molecule has 3 aromatic carbocycles. The van der Waals surface area contributed by atoms with Gasteiger partial charge < -0.3 is 15.0 Å². The Hall–Kier alpha value is -3.56. The van der Waals surface area contributed by atoms with Gasteiger partial charge in [-0.05, 0) is 74.4 Å². The first kappa shape index (κ1) is 30.0. The minimum atomic E-state index is -4.14. The molecule has 1 atom stereocenters. The molecule has 0 bridgehead atoms. The van der Waals surface area contributed by atoms with Crippen molar-refractivity contribution in [3.63, 3.8) is 0 Å². The molecular formula is C29H34ClN3O5S. The van der Waals surface area contributed by atoms with E-state index >= 15 is 0 Å². The summed E-state index contributed by atoms with van der Waals surface area (Å²) >= 11 is 6.06. The Morgan fingerprint density at radius 1 is 1.00 bits per heavy atom. The summed E-state index contributed by atoms with van der Waals surface area (Å²) in [5, 5.41) is 3.22. The zero-order valence-electron chi connectivity index (χ0n) is 22.6. The number of benzene rings is 3. The number of carbonyl (C=O) groups is 2. The van der Waals surface area contributed by atoms with Crippen molar-refractivity contribution in [3.05, 3.63) is 88.9 Å². The van der Waals surface area contributed by atoms with E-state index in [-0.39, 0.29) is 23.0 Å². The average Bonchev–Trinajstić information content (AvgIpc) is 2.92. The lowest BCUT2D eigenvalue weighted by molar-refractivity contribution is -0.140. The van der Waals surface area contributed by atoms with Gasteiger partial charge in [-0.3, -0.25) is 13.9 Å². The van der Waals surface area contributed by atoms with Crippen LogP contribution < -0.4 is 14.4 Å². The van der Waals surface area contributed by atoms with Gasteiger partial charge in [0.15, 0.2) is 0 Å². The highest BCUT2D eigenvalue weighted by Gasteiger charge is 2.33. The Morgan fingerprint density at radius 3 is 2.26 bits per heavy atom. The van der Waals surface area contributed by atoms with E-state index in [0.29, 0.717) is 23.7 Å². The summed E-state index contributed by atoms with van der Waals surface area (Å²) in [4.78, 5) is 28.4. The Bertz CT molecular complexity index is 1380. The molecule has 10 heteroatoms. The number of nitrogens with zero attached hydrogens (tertiary/aromatic N) is 2. The van der Waals surface area contributed by atoms with Crippen LogP contribution in [-0.2, 0) is 26.2 Å². The van der Waals surface area contributed by atoms with E-state index in [1.165, 1.54) is 17.0 Å². The highest BCUT2D eigenvalue weighted by Crippen LogP contribution is 2.26. The van der Waals surface area contributed by atoms with Gasteiger partial charge in [0.1, 0.15) is 18.3 Å². The minimum absolute atomic E-state index is 0.0472. The first-order valence-corrected chi connectivity index (χ1v) is 14.5. The topological polar surface area (TPSA) is 96.0 Å². The maximum Gasteiger partial charge on any atom is 0.264 e. The van der Waals surface area contributed by atoms with Gasteiger partial charge in [-0.25, -0.2) is 8.42 Å². The lowest BCUT2D eigenvalue weighted by atomic mass is 10.1. The summed E-state index contributed by atoms with van der Waals surface area (Å²) in [7, 11) is -2.59. The molecule has 0 aliphatic heterocycles. The Morgan fingerprint density at radius 2 is 1.67 bits per heavy atom. The maximum absolute atomic E-state index is 14.0. The highest BCUT2D eigenvalue weighted by atomic mass is 35.5. The summed E-state index contributed by atoms with van der Waals surface area (Å²) in [5.74, 6) is -0.229. The lowest BCUT2D eigenvalue weighted by Gasteiger charge is -2.33. The van der Waals surface area contributed by atoms with Crippen LogP contribution >= 0.6 is 11.6 Å². The zero-order valence-corrected chi connectivity index (χ0v) is 24.1. The van der Waals surface area contributed by atoms with Gasteiger partial charge in [-0.15, -0.1) is 0 Å². The van der Waals surface area contributed by atoms with Crippen LogP contribution in [0.4, 0.5) is 5.69 Å². The predicted octanol–water partition coefficient (Wildman–Crippen LogP) is 4.80. The number of rotatable bonds is 12. The minimum Gasteiger partial charge on any atom is -0.497 e. The van der Waals surface area contributed by atoms with Gasteiger partial charge >= 0.3 is 0 Å². The van der Waals surface area contributed by atoms with Crippen LogP contribution in [0, 0.1) is 6.92 Å². The molecule has 0 unspecified atom stereocenters. The third kappa shape index (κ3) is 7.52. The molecule has 0 saturated carbocycles. The van der Waals surface area contributed by atoms with E-state index in [9.17, 15) is 18.0 Å². The third-order valence-electron chi connectivity index (χ3n) is 6.23. The maximum atomic E-state index is 14.0. The summed E-state index contributed by atoms with van der Waals surface area (Å²) < 4.78 is 34.0. The van der Waals surface area contributed by atoms with Gasteiger partial charge in [0.2, 0.25) is 11.8 Å². The van der Waals surface area contributed by atoms with E-state index in [1.54, 1.807) is 68.6 Å². The van der Waals surface area contributed by atoms with Crippen LogP contribution in [0.15, 0.2) is 77.7 Å². The van der Waals surface area contributed by atoms with E-state index in [1.807, 2.05) is 19.9 Å². The molecule has 0 spiro atoms. The number of aryl methyl sites for hydroxylation is 1. The van der Waals surface area contributed by atoms with Crippen LogP contribution in [0.25, 0.3) is 0 Å². The number of hydrogen-bond acceptors (Lipinski definition) is 5. The highest BCUT2D eigenvalue weighted by molar-refractivity contribution is 7.92. The van der Waals surface area contributed by atoms with Gasteiger partial charge in [0.05, 0.1) is 17.7 Å². The van der Waals surface area contributed by atoms with Crippen molar-refractivity contribution in [1.29, 1.82) is 0 Å². The Balaban J connectivity index is 2.06. The molecule has 0 saturated heterocycles. The number of anilines is 1. The van der Waals surface area contributed by atoms with E-state index < -0.39 is 28.5 Å². The van der Waals surface area contributed by atoms with Crippen LogP contribution in [0.2, 0.25) is 5.02 Å². The molecule has 3 rings (SSSR count). The number of ether oxygens (including phenoxy) is 1. The largest absolute Gasteiger partial charge is 0.497 e. The number of carbonyl (C=O) groups excluding carboxylic acids is 2. The predicted molar refractivity (Wildman–Crippen MR) is 153 cm³/mol. The summed E-state index contributed by atoms with van der Waals surface area (Å²) in [6.07, 6.45) is 0.340. The smallest absolute Gasteiger partial charge is 0.264 e. The van der Waals surface area contributed by atoms with Crippen molar-refractivity contribution in [2.45, 2.75) is 44.7 Å². The van der Waals surface area contributed by atoms with Gasteiger partial charge in [0, 0.05) is 18.1 Å². The second kappa shape index (κ2) is 13.5. The Kier molecular flexibility index (Phi) is 10.4. The molecule has 3 aromatic rings. The number of hydrogen-bond donors (Lipinski definition) is 1. The average molecular weight is 572 g/mol.